The van der Waals surface area contributed by atoms with Crippen LogP contribution in [0.2, 0.25) is 0 Å². The van der Waals surface area contributed by atoms with E-state index in [-0.39, 0.29) is 0 Å². The number of hydrogen-bond acceptors (Lipinski definition) is 3. The van der Waals surface area contributed by atoms with Crippen molar-refractivity contribution in [2.24, 2.45) is 0 Å². The maximum absolute atomic E-state index is 5.28. The first-order valence-corrected chi connectivity index (χ1v) is 23.1. The fourth-order valence-electron chi connectivity index (χ4n) is 10.5. The minimum atomic E-state index is 0.606. The number of fused-ring (bicyclic) bond motifs is 10. The lowest BCUT2D eigenvalue weighted by Gasteiger charge is -2.14. The van der Waals surface area contributed by atoms with E-state index in [9.17, 15) is 0 Å². The summed E-state index contributed by atoms with van der Waals surface area (Å²) in [6.07, 6.45) is 0. The number of hydrogen-bond donors (Lipinski definition) is 0. The molecule has 0 bridgehead atoms. The van der Waals surface area contributed by atoms with Gasteiger partial charge in [-0.3, -0.25) is 0 Å². The number of rotatable bonds is 6. The molecule has 3 aromatic heterocycles. The molecule has 14 aromatic rings. The van der Waals surface area contributed by atoms with Crippen molar-refractivity contribution in [1.82, 2.24) is 24.1 Å². The van der Waals surface area contributed by atoms with E-state index in [4.69, 9.17) is 15.0 Å². The van der Waals surface area contributed by atoms with Crippen LogP contribution in [0.5, 0.6) is 0 Å². The highest BCUT2D eigenvalue weighted by Gasteiger charge is 2.20. The molecule has 0 N–H and O–H groups in total. The summed E-state index contributed by atoms with van der Waals surface area (Å²) in [7, 11) is 0. The Kier molecular flexibility index (Phi) is 8.52. The molecule has 0 unspecified atom stereocenters. The zero-order valence-electron chi connectivity index (χ0n) is 36.8. The van der Waals surface area contributed by atoms with E-state index in [2.05, 4.69) is 240 Å². The molecule has 0 saturated heterocycles. The summed E-state index contributed by atoms with van der Waals surface area (Å²) in [6, 6.07) is 84.8. The van der Waals surface area contributed by atoms with Gasteiger partial charge in [-0.1, -0.05) is 182 Å². The van der Waals surface area contributed by atoms with Crippen molar-refractivity contribution < 1.29 is 0 Å². The van der Waals surface area contributed by atoms with Crippen LogP contribution in [0, 0.1) is 0 Å². The van der Waals surface area contributed by atoms with Gasteiger partial charge in [0.25, 0.3) is 0 Å². The van der Waals surface area contributed by atoms with Gasteiger partial charge in [0.2, 0.25) is 0 Å². The SMILES string of the molecule is c1ccc(-c2cccc(-c3nc(-c4cccc(-n5c6cc(-n7c8ccccc8c8ccc9ccccc9c87)ccc6c6cc7ccccc7cc65)c4)nc(-c4ccc5ccccc5c4)n3)c2)cc1. The zero-order valence-corrected chi connectivity index (χ0v) is 36.8. The number of aromatic nitrogens is 5. The molecule has 68 heavy (non-hydrogen) atoms. The molecule has 0 aliphatic heterocycles. The van der Waals surface area contributed by atoms with E-state index in [1.165, 1.54) is 59.5 Å². The van der Waals surface area contributed by atoms with Crippen LogP contribution < -0.4 is 0 Å². The first-order chi connectivity index (χ1) is 33.7. The van der Waals surface area contributed by atoms with E-state index in [1.807, 2.05) is 6.07 Å². The molecule has 0 radical (unpaired) electrons. The van der Waals surface area contributed by atoms with Crippen molar-refractivity contribution in [2.45, 2.75) is 0 Å². The Morgan fingerprint density at radius 2 is 0.765 bits per heavy atom. The molecular weight excluding hydrogens is 827 g/mol. The van der Waals surface area contributed by atoms with Gasteiger partial charge in [-0.05, 0) is 92.7 Å². The molecule has 0 aliphatic rings. The van der Waals surface area contributed by atoms with Crippen LogP contribution >= 0.6 is 0 Å². The molecule has 0 fully saturated rings. The molecule has 0 saturated carbocycles. The van der Waals surface area contributed by atoms with Gasteiger partial charge in [0.15, 0.2) is 17.5 Å². The van der Waals surface area contributed by atoms with Crippen LogP contribution in [0.4, 0.5) is 0 Å². The van der Waals surface area contributed by atoms with Crippen LogP contribution in [-0.4, -0.2) is 24.1 Å². The lowest BCUT2D eigenvalue weighted by Crippen LogP contribution is -2.01. The molecule has 14 rings (SSSR count). The second kappa shape index (κ2) is 15.2. The van der Waals surface area contributed by atoms with Gasteiger partial charge >= 0.3 is 0 Å². The van der Waals surface area contributed by atoms with Gasteiger partial charge in [0, 0.05) is 55.0 Å². The van der Waals surface area contributed by atoms with Crippen molar-refractivity contribution in [3.63, 3.8) is 0 Å². The second-order valence-electron chi connectivity index (χ2n) is 17.7. The second-order valence-corrected chi connectivity index (χ2v) is 17.7. The standard InChI is InChI=1S/C63H39N5/c1-2-14-40(15-3-1)44-21-12-22-47(34-44)61-64-62(66-63(65-61)49-29-28-41-16-4-5-18-43(41)35-49)48-23-13-24-50(36-48)67-58-38-46-20-7-6-19-45(46)37-56(58)54-33-31-51(39-59(54)67)68-57-27-11-10-26-53(57)55-32-30-42-17-8-9-25-52(42)60(55)68/h1-39H. The quantitative estimate of drug-likeness (QED) is 0.167. The Morgan fingerprint density at radius 1 is 0.235 bits per heavy atom. The third-order valence-corrected chi connectivity index (χ3v) is 13.7. The molecule has 0 atom stereocenters. The van der Waals surface area contributed by atoms with Gasteiger partial charge in [0.1, 0.15) is 0 Å². The predicted molar refractivity (Wildman–Crippen MR) is 283 cm³/mol. The topological polar surface area (TPSA) is 48.5 Å². The normalized spacial score (nSPS) is 11.8. The Labute approximate surface area is 391 Å². The van der Waals surface area contributed by atoms with Gasteiger partial charge in [-0.25, -0.2) is 15.0 Å². The van der Waals surface area contributed by atoms with Gasteiger partial charge < -0.3 is 9.13 Å². The van der Waals surface area contributed by atoms with Crippen LogP contribution in [0.15, 0.2) is 237 Å². The maximum Gasteiger partial charge on any atom is 0.164 e. The molecule has 0 spiro atoms. The zero-order chi connectivity index (χ0) is 44.7. The highest BCUT2D eigenvalue weighted by molar-refractivity contribution is 6.19. The third kappa shape index (κ3) is 6.14. The van der Waals surface area contributed by atoms with E-state index in [0.717, 1.165) is 55.6 Å². The predicted octanol–water partition coefficient (Wildman–Crippen LogP) is 16.2. The van der Waals surface area contributed by atoms with Gasteiger partial charge in [-0.2, -0.15) is 0 Å². The van der Waals surface area contributed by atoms with Crippen molar-refractivity contribution in [3.05, 3.63) is 237 Å². The monoisotopic (exact) mass is 865 g/mol. The summed E-state index contributed by atoms with van der Waals surface area (Å²) in [5.41, 5.74) is 11.7. The summed E-state index contributed by atoms with van der Waals surface area (Å²) >= 11 is 0. The van der Waals surface area contributed by atoms with Crippen molar-refractivity contribution in [1.29, 1.82) is 0 Å². The smallest absolute Gasteiger partial charge is 0.164 e. The first-order valence-electron chi connectivity index (χ1n) is 23.1. The molecule has 11 aromatic carbocycles. The first kappa shape index (κ1) is 38.1. The Balaban J connectivity index is 0.997. The van der Waals surface area contributed by atoms with Gasteiger partial charge in [-0.15, -0.1) is 0 Å². The Hall–Kier alpha value is -9.19. The minimum Gasteiger partial charge on any atom is -0.309 e. The molecule has 0 amide bonds. The lowest BCUT2D eigenvalue weighted by molar-refractivity contribution is 1.07. The molecule has 5 nitrogen and oxygen atoms in total. The molecule has 316 valence electrons. The minimum absolute atomic E-state index is 0.606. The fourth-order valence-corrected chi connectivity index (χ4v) is 10.5. The van der Waals surface area contributed by atoms with Crippen LogP contribution in [0.3, 0.4) is 0 Å². The highest BCUT2D eigenvalue weighted by atomic mass is 15.0. The largest absolute Gasteiger partial charge is 0.309 e. The van der Waals surface area contributed by atoms with Crippen molar-refractivity contribution >= 4 is 75.9 Å². The third-order valence-electron chi connectivity index (χ3n) is 13.7. The van der Waals surface area contributed by atoms with Crippen LogP contribution in [0.25, 0.3) is 133 Å². The number of para-hydroxylation sites is 1. The van der Waals surface area contributed by atoms with E-state index in [0.29, 0.717) is 17.5 Å². The van der Waals surface area contributed by atoms with E-state index in [1.54, 1.807) is 0 Å². The summed E-state index contributed by atoms with van der Waals surface area (Å²) in [5, 5.41) is 12.0. The maximum atomic E-state index is 5.28. The van der Waals surface area contributed by atoms with E-state index >= 15 is 0 Å². The Bertz CT molecular complexity index is 4330. The summed E-state index contributed by atoms with van der Waals surface area (Å²) in [6.45, 7) is 0. The molecular formula is C63H39N5. The number of benzene rings is 11. The van der Waals surface area contributed by atoms with Gasteiger partial charge in [0.05, 0.1) is 22.1 Å². The summed E-state index contributed by atoms with van der Waals surface area (Å²) in [5.74, 6) is 1.85. The average Bonchev–Trinajstić information content (AvgIpc) is 3.92. The molecule has 0 aliphatic carbocycles. The number of nitrogens with zero attached hydrogens (tertiary/aromatic N) is 5. The average molecular weight is 866 g/mol. The van der Waals surface area contributed by atoms with Crippen molar-refractivity contribution in [3.8, 4) is 56.7 Å². The lowest BCUT2D eigenvalue weighted by atomic mass is 10.0. The Morgan fingerprint density at radius 3 is 1.56 bits per heavy atom. The van der Waals surface area contributed by atoms with Crippen LogP contribution in [-0.2, 0) is 0 Å². The summed E-state index contributed by atoms with van der Waals surface area (Å²) in [4.78, 5) is 15.7. The van der Waals surface area contributed by atoms with Crippen molar-refractivity contribution in [2.75, 3.05) is 0 Å². The molecule has 3 heterocycles. The fraction of sp³-hybridized carbons (Fsp3) is 0. The van der Waals surface area contributed by atoms with Crippen LogP contribution in [0.1, 0.15) is 0 Å². The highest BCUT2D eigenvalue weighted by Crippen LogP contribution is 2.41. The molecule has 5 heteroatoms. The summed E-state index contributed by atoms with van der Waals surface area (Å²) < 4.78 is 4.88. The van der Waals surface area contributed by atoms with E-state index < -0.39 is 0 Å².